The van der Waals surface area contributed by atoms with Crippen molar-refractivity contribution in [3.05, 3.63) is 35.4 Å². The van der Waals surface area contributed by atoms with E-state index in [4.69, 9.17) is 9.84 Å². The third-order valence-electron chi connectivity index (χ3n) is 2.72. The van der Waals surface area contributed by atoms with Crippen LogP contribution in [0.2, 0.25) is 0 Å². The Morgan fingerprint density at radius 3 is 2.82 bits per heavy atom. The molecule has 120 valence electrons. The second-order valence-electron chi connectivity index (χ2n) is 6.09. The number of aliphatic hydroxyl groups is 1. The topological polar surface area (TPSA) is 58.6 Å². The number of hydrogen-bond donors (Lipinski definition) is 2. The summed E-state index contributed by atoms with van der Waals surface area (Å²) in [5, 5.41) is 11.5. The Hall–Kier alpha value is -1.99. The van der Waals surface area contributed by atoms with E-state index in [1.807, 2.05) is 45.0 Å². The minimum absolute atomic E-state index is 0.169. The molecule has 0 saturated carbocycles. The lowest BCUT2D eigenvalue weighted by molar-refractivity contribution is 0.139. The molecule has 4 nitrogen and oxygen atoms in total. The molecule has 0 aliphatic rings. The minimum atomic E-state index is -0.396. The van der Waals surface area contributed by atoms with E-state index in [9.17, 15) is 4.79 Å². The molecule has 4 heteroatoms. The number of amides is 1. The quantitative estimate of drug-likeness (QED) is 0.649. The fourth-order valence-electron chi connectivity index (χ4n) is 1.74. The maximum absolute atomic E-state index is 11.5. The molecule has 0 fully saturated rings. The van der Waals surface area contributed by atoms with Gasteiger partial charge in [-0.1, -0.05) is 24.0 Å². The van der Waals surface area contributed by atoms with Gasteiger partial charge in [0.25, 0.3) is 0 Å². The van der Waals surface area contributed by atoms with Crippen molar-refractivity contribution in [1.29, 1.82) is 0 Å². The Kier molecular flexibility index (Phi) is 7.48. The number of aliphatic hydroxyl groups excluding tert-OH is 1. The van der Waals surface area contributed by atoms with Crippen molar-refractivity contribution in [2.45, 2.75) is 45.6 Å². The van der Waals surface area contributed by atoms with Crippen LogP contribution >= 0.6 is 0 Å². The van der Waals surface area contributed by atoms with Crippen LogP contribution in [0.3, 0.4) is 0 Å². The lowest BCUT2D eigenvalue weighted by atomic mass is 10.1. The molecule has 1 aromatic carbocycles. The molecule has 0 unspecified atom stereocenters. The molecule has 22 heavy (non-hydrogen) atoms. The van der Waals surface area contributed by atoms with E-state index in [-0.39, 0.29) is 12.1 Å². The Labute approximate surface area is 132 Å². The van der Waals surface area contributed by atoms with Gasteiger partial charge >= 0.3 is 6.09 Å². The third kappa shape index (κ3) is 8.33. The summed E-state index contributed by atoms with van der Waals surface area (Å²) < 4.78 is 5.16. The number of carbonyl (C=O) groups excluding carboxylic acids is 1. The molecule has 1 rings (SSSR count). The lowest BCUT2D eigenvalue weighted by Gasteiger charge is -2.19. The number of ether oxygens (including phenoxy) is 1. The number of hydrogen-bond acceptors (Lipinski definition) is 3. The predicted molar refractivity (Wildman–Crippen MR) is 87.6 cm³/mol. The average molecular weight is 303 g/mol. The van der Waals surface area contributed by atoms with Gasteiger partial charge in [0, 0.05) is 30.6 Å². The summed E-state index contributed by atoms with van der Waals surface area (Å²) >= 11 is 0. The van der Waals surface area contributed by atoms with Gasteiger partial charge < -0.3 is 15.2 Å². The molecular weight excluding hydrogens is 278 g/mol. The summed E-state index contributed by atoms with van der Waals surface area (Å²) in [5.74, 6) is 6.09. The first-order chi connectivity index (χ1) is 10.4. The molecule has 0 atom stereocenters. The molecule has 0 heterocycles. The maximum atomic E-state index is 11.5. The van der Waals surface area contributed by atoms with Gasteiger partial charge in [-0.05, 0) is 44.9 Å². The van der Waals surface area contributed by atoms with Crippen LogP contribution in [0.5, 0.6) is 0 Å². The summed E-state index contributed by atoms with van der Waals surface area (Å²) in [6, 6.07) is 7.88. The summed E-state index contributed by atoms with van der Waals surface area (Å²) in [6.45, 7) is 6.24. The van der Waals surface area contributed by atoms with E-state index in [0.717, 1.165) is 11.1 Å². The molecule has 0 spiro atoms. The van der Waals surface area contributed by atoms with Crippen molar-refractivity contribution in [2.75, 3.05) is 13.2 Å². The first kappa shape index (κ1) is 18.1. The third-order valence-corrected chi connectivity index (χ3v) is 2.72. The maximum Gasteiger partial charge on any atom is 0.407 e. The van der Waals surface area contributed by atoms with Crippen LogP contribution < -0.4 is 5.32 Å². The van der Waals surface area contributed by atoms with Crippen LogP contribution in [-0.4, -0.2) is 30.0 Å². The first-order valence-corrected chi connectivity index (χ1v) is 7.54. The molecule has 0 aliphatic heterocycles. The molecule has 0 radical (unpaired) electrons. The molecule has 2 N–H and O–H groups in total. The number of unbranched alkanes of at least 4 members (excludes halogenated alkanes) is 1. The predicted octanol–water partition coefficient (Wildman–Crippen LogP) is 2.88. The van der Waals surface area contributed by atoms with Crippen LogP contribution in [0.15, 0.2) is 24.3 Å². The monoisotopic (exact) mass is 303 g/mol. The largest absolute Gasteiger partial charge is 0.449 e. The smallest absolute Gasteiger partial charge is 0.407 e. The Morgan fingerprint density at radius 1 is 1.36 bits per heavy atom. The highest BCUT2D eigenvalue weighted by Gasteiger charge is 2.14. The molecule has 1 aromatic rings. The molecule has 1 amide bonds. The van der Waals surface area contributed by atoms with Gasteiger partial charge in [0.1, 0.15) is 0 Å². The number of nitrogens with one attached hydrogen (secondary N) is 1. The zero-order valence-corrected chi connectivity index (χ0v) is 13.6. The van der Waals surface area contributed by atoms with Gasteiger partial charge in [0.15, 0.2) is 0 Å². The van der Waals surface area contributed by atoms with Crippen molar-refractivity contribution in [3.63, 3.8) is 0 Å². The minimum Gasteiger partial charge on any atom is -0.449 e. The van der Waals surface area contributed by atoms with Gasteiger partial charge in [0.2, 0.25) is 0 Å². The number of alkyl carbamates (subject to hydrolysis) is 1. The lowest BCUT2D eigenvalue weighted by Crippen LogP contribution is -2.41. The highest BCUT2D eigenvalue weighted by molar-refractivity contribution is 5.68. The molecule has 0 bridgehead atoms. The average Bonchev–Trinajstić information content (AvgIpc) is 2.42. The van der Waals surface area contributed by atoms with Gasteiger partial charge in [-0.25, -0.2) is 4.79 Å². The van der Waals surface area contributed by atoms with E-state index < -0.39 is 6.09 Å². The van der Waals surface area contributed by atoms with Crippen molar-refractivity contribution in [2.24, 2.45) is 0 Å². The summed E-state index contributed by atoms with van der Waals surface area (Å²) in [5.41, 5.74) is 1.73. The normalized spacial score (nSPS) is 10.5. The Morgan fingerprint density at radius 2 is 2.14 bits per heavy atom. The van der Waals surface area contributed by atoms with E-state index in [0.29, 0.717) is 25.9 Å². The van der Waals surface area contributed by atoms with Gasteiger partial charge in [-0.2, -0.15) is 0 Å². The fraction of sp³-hybridized carbons (Fsp3) is 0.500. The first-order valence-electron chi connectivity index (χ1n) is 7.54. The second-order valence-corrected chi connectivity index (χ2v) is 6.09. The van der Waals surface area contributed by atoms with Crippen molar-refractivity contribution < 1.29 is 14.6 Å². The van der Waals surface area contributed by atoms with Gasteiger partial charge in [-0.3, -0.25) is 0 Å². The molecule has 0 saturated heterocycles. The van der Waals surface area contributed by atoms with E-state index >= 15 is 0 Å². The highest BCUT2D eigenvalue weighted by atomic mass is 16.5. The standard InChI is InChI=1S/C18H25NO3/c1-18(2,3)19-17(21)22-13-11-16-10-7-9-15(14-16)8-5-4-6-12-20/h7,9-10,14,20H,4,6,11-13H2,1-3H3,(H,19,21). The Balaban J connectivity index is 2.43. The van der Waals surface area contributed by atoms with Crippen LogP contribution in [0.4, 0.5) is 4.79 Å². The Bertz CT molecular complexity index is 535. The highest BCUT2D eigenvalue weighted by Crippen LogP contribution is 2.06. The number of carbonyl (C=O) groups is 1. The SMILES string of the molecule is CC(C)(C)NC(=O)OCCc1cccc(C#CCCCO)c1. The van der Waals surface area contributed by atoms with Crippen LogP contribution in [0.1, 0.15) is 44.7 Å². The molecular formula is C18H25NO3. The zero-order valence-electron chi connectivity index (χ0n) is 13.6. The number of rotatable bonds is 5. The molecule has 0 aliphatic carbocycles. The molecule has 0 aromatic heterocycles. The van der Waals surface area contributed by atoms with Crippen LogP contribution in [0.25, 0.3) is 0 Å². The summed E-state index contributed by atoms with van der Waals surface area (Å²) in [6.07, 6.45) is 1.65. The van der Waals surface area contributed by atoms with Crippen molar-refractivity contribution >= 4 is 6.09 Å². The van der Waals surface area contributed by atoms with Crippen molar-refractivity contribution in [1.82, 2.24) is 5.32 Å². The van der Waals surface area contributed by atoms with E-state index in [2.05, 4.69) is 17.2 Å². The fourth-order valence-corrected chi connectivity index (χ4v) is 1.74. The van der Waals surface area contributed by atoms with Gasteiger partial charge in [0.05, 0.1) is 6.61 Å². The van der Waals surface area contributed by atoms with Crippen LogP contribution in [-0.2, 0) is 11.2 Å². The van der Waals surface area contributed by atoms with Crippen LogP contribution in [0, 0.1) is 11.8 Å². The second kappa shape index (κ2) is 9.11. The summed E-state index contributed by atoms with van der Waals surface area (Å²) in [7, 11) is 0. The zero-order chi connectivity index (χ0) is 16.4. The van der Waals surface area contributed by atoms with Crippen molar-refractivity contribution in [3.8, 4) is 11.8 Å². The van der Waals surface area contributed by atoms with Gasteiger partial charge in [-0.15, -0.1) is 0 Å². The summed E-state index contributed by atoms with van der Waals surface area (Å²) in [4.78, 5) is 11.5. The number of benzene rings is 1. The van der Waals surface area contributed by atoms with E-state index in [1.54, 1.807) is 0 Å². The van der Waals surface area contributed by atoms with E-state index in [1.165, 1.54) is 0 Å².